The number of hydrogen-bond acceptors (Lipinski definition) is 4. The van der Waals surface area contributed by atoms with Crippen LogP contribution >= 0.6 is 0 Å². The standard InChI is InChI=1S/C24H26N2O4S/c27-24(9-5-18-4-8-23-21(16-18)10-15-30-23)25-11-13-26(14-12-25)31(28,29)22-7-6-19-2-1-3-20(19)17-22/h4-9,16-17H,1-3,10-15H2/b9-5+. The predicted octanol–water partition coefficient (Wildman–Crippen LogP) is 2.66. The highest BCUT2D eigenvalue weighted by molar-refractivity contribution is 7.89. The van der Waals surface area contributed by atoms with Gasteiger partial charge in [0.2, 0.25) is 15.9 Å². The van der Waals surface area contributed by atoms with Crippen LogP contribution in [0.5, 0.6) is 5.75 Å². The maximum absolute atomic E-state index is 13.1. The van der Waals surface area contributed by atoms with Crippen molar-refractivity contribution in [1.29, 1.82) is 0 Å². The van der Waals surface area contributed by atoms with Gasteiger partial charge in [0.1, 0.15) is 5.75 Å². The first-order valence-corrected chi connectivity index (χ1v) is 12.3. The van der Waals surface area contributed by atoms with Gasteiger partial charge in [-0.2, -0.15) is 4.31 Å². The molecule has 2 aliphatic heterocycles. The minimum Gasteiger partial charge on any atom is -0.493 e. The topological polar surface area (TPSA) is 66.9 Å². The molecule has 1 amide bonds. The number of aryl methyl sites for hydroxylation is 2. The molecule has 31 heavy (non-hydrogen) atoms. The van der Waals surface area contributed by atoms with Crippen LogP contribution in [0.1, 0.15) is 28.7 Å². The molecule has 6 nitrogen and oxygen atoms in total. The van der Waals surface area contributed by atoms with Crippen LogP contribution < -0.4 is 4.74 Å². The summed E-state index contributed by atoms with van der Waals surface area (Å²) in [6.07, 6.45) is 7.35. The van der Waals surface area contributed by atoms with Gasteiger partial charge in [-0.05, 0) is 71.9 Å². The second-order valence-corrected chi connectivity index (χ2v) is 10.3. The van der Waals surface area contributed by atoms with Crippen molar-refractivity contribution in [3.63, 3.8) is 0 Å². The van der Waals surface area contributed by atoms with E-state index >= 15 is 0 Å². The number of benzene rings is 2. The SMILES string of the molecule is O=C(/C=C/c1ccc2c(c1)CCO2)N1CCN(S(=O)(=O)c2ccc3c(c2)CCC3)CC1. The monoisotopic (exact) mass is 438 g/mol. The number of hydrogen-bond donors (Lipinski definition) is 0. The Bertz CT molecular complexity index is 1150. The zero-order chi connectivity index (χ0) is 21.4. The Morgan fingerprint density at radius 2 is 1.71 bits per heavy atom. The van der Waals surface area contributed by atoms with Crippen molar-refractivity contribution in [2.75, 3.05) is 32.8 Å². The van der Waals surface area contributed by atoms with Gasteiger partial charge in [-0.15, -0.1) is 0 Å². The fourth-order valence-electron chi connectivity index (χ4n) is 4.59. The summed E-state index contributed by atoms with van der Waals surface area (Å²) in [6, 6.07) is 11.4. The van der Waals surface area contributed by atoms with E-state index in [2.05, 4.69) is 0 Å². The summed E-state index contributed by atoms with van der Waals surface area (Å²) in [5, 5.41) is 0. The van der Waals surface area contributed by atoms with Crippen molar-refractivity contribution >= 4 is 22.0 Å². The number of rotatable bonds is 4. The molecule has 7 heteroatoms. The molecule has 1 saturated heterocycles. The molecule has 0 aromatic heterocycles. The van der Waals surface area contributed by atoms with Crippen LogP contribution in [-0.4, -0.2) is 56.3 Å². The van der Waals surface area contributed by atoms with E-state index < -0.39 is 10.0 Å². The maximum Gasteiger partial charge on any atom is 0.246 e. The van der Waals surface area contributed by atoms with Crippen molar-refractivity contribution in [3.8, 4) is 5.75 Å². The normalized spacial score (nSPS) is 18.8. The smallest absolute Gasteiger partial charge is 0.246 e. The lowest BCUT2D eigenvalue weighted by atomic mass is 10.1. The van der Waals surface area contributed by atoms with E-state index in [1.807, 2.05) is 36.4 Å². The van der Waals surface area contributed by atoms with E-state index in [-0.39, 0.29) is 5.91 Å². The first-order chi connectivity index (χ1) is 15.0. The Morgan fingerprint density at radius 3 is 2.55 bits per heavy atom. The molecule has 0 spiro atoms. The summed E-state index contributed by atoms with van der Waals surface area (Å²) < 4.78 is 33.1. The quantitative estimate of drug-likeness (QED) is 0.689. The van der Waals surface area contributed by atoms with Gasteiger partial charge in [0.25, 0.3) is 0 Å². The first-order valence-electron chi connectivity index (χ1n) is 10.9. The average Bonchev–Trinajstić information content (AvgIpc) is 3.45. The van der Waals surface area contributed by atoms with E-state index in [4.69, 9.17) is 4.74 Å². The Balaban J connectivity index is 1.21. The molecule has 0 N–H and O–H groups in total. The number of ether oxygens (including phenoxy) is 1. The summed E-state index contributed by atoms with van der Waals surface area (Å²) in [4.78, 5) is 14.7. The van der Waals surface area contributed by atoms with Crippen molar-refractivity contribution in [2.24, 2.45) is 0 Å². The zero-order valence-corrected chi connectivity index (χ0v) is 18.2. The van der Waals surface area contributed by atoms with Crippen molar-refractivity contribution in [1.82, 2.24) is 9.21 Å². The van der Waals surface area contributed by atoms with Gasteiger partial charge in [0.15, 0.2) is 0 Å². The third-order valence-electron chi connectivity index (χ3n) is 6.39. The van der Waals surface area contributed by atoms with Gasteiger partial charge >= 0.3 is 0 Å². The molecular formula is C24H26N2O4S. The number of amides is 1. The van der Waals surface area contributed by atoms with Crippen LogP contribution in [-0.2, 0) is 34.1 Å². The third-order valence-corrected chi connectivity index (χ3v) is 8.28. The highest BCUT2D eigenvalue weighted by Gasteiger charge is 2.30. The van der Waals surface area contributed by atoms with Crippen molar-refractivity contribution < 1.29 is 17.9 Å². The number of sulfonamides is 1. The van der Waals surface area contributed by atoms with E-state index in [0.29, 0.717) is 37.7 Å². The molecule has 3 aliphatic rings. The summed E-state index contributed by atoms with van der Waals surface area (Å²) in [6.45, 7) is 2.13. The van der Waals surface area contributed by atoms with Crippen LogP contribution in [0.3, 0.4) is 0 Å². The number of carbonyl (C=O) groups excluding carboxylic acids is 1. The number of carbonyl (C=O) groups is 1. The molecule has 5 rings (SSSR count). The molecule has 2 aromatic rings. The Hall–Kier alpha value is -2.64. The Labute approximate surface area is 183 Å². The van der Waals surface area contributed by atoms with Gasteiger partial charge in [-0.3, -0.25) is 4.79 Å². The van der Waals surface area contributed by atoms with Crippen LogP contribution in [0.2, 0.25) is 0 Å². The largest absolute Gasteiger partial charge is 0.493 e. The van der Waals surface area contributed by atoms with E-state index in [9.17, 15) is 13.2 Å². The molecule has 0 unspecified atom stereocenters. The van der Waals surface area contributed by atoms with Crippen molar-refractivity contribution in [2.45, 2.75) is 30.6 Å². The maximum atomic E-state index is 13.1. The summed E-state index contributed by atoms with van der Waals surface area (Å²) >= 11 is 0. The molecular weight excluding hydrogens is 412 g/mol. The summed E-state index contributed by atoms with van der Waals surface area (Å²) in [7, 11) is -3.53. The van der Waals surface area contributed by atoms with Crippen LogP contribution in [0.15, 0.2) is 47.4 Å². The Morgan fingerprint density at radius 1 is 0.903 bits per heavy atom. The molecule has 2 heterocycles. The van der Waals surface area contributed by atoms with Gasteiger partial charge < -0.3 is 9.64 Å². The Kier molecular flexibility index (Phi) is 5.32. The van der Waals surface area contributed by atoms with E-state index in [1.54, 1.807) is 17.0 Å². The first kappa shape index (κ1) is 20.3. The molecule has 0 bridgehead atoms. The molecule has 0 saturated carbocycles. The lowest BCUT2D eigenvalue weighted by molar-refractivity contribution is -0.127. The lowest BCUT2D eigenvalue weighted by Crippen LogP contribution is -2.50. The zero-order valence-electron chi connectivity index (χ0n) is 17.4. The van der Waals surface area contributed by atoms with Crippen LogP contribution in [0, 0.1) is 0 Å². The molecule has 1 fully saturated rings. The molecule has 0 atom stereocenters. The van der Waals surface area contributed by atoms with Crippen LogP contribution in [0.4, 0.5) is 0 Å². The minimum absolute atomic E-state index is 0.0914. The lowest BCUT2D eigenvalue weighted by Gasteiger charge is -2.33. The molecule has 2 aromatic carbocycles. The number of piperazine rings is 1. The summed E-state index contributed by atoms with van der Waals surface area (Å²) in [5.41, 5.74) is 4.55. The molecule has 162 valence electrons. The van der Waals surface area contributed by atoms with Gasteiger partial charge in [0.05, 0.1) is 11.5 Å². The van der Waals surface area contributed by atoms with Crippen molar-refractivity contribution in [3.05, 3.63) is 64.7 Å². The van der Waals surface area contributed by atoms with Gasteiger partial charge in [-0.1, -0.05) is 12.1 Å². The molecule has 1 aliphatic carbocycles. The van der Waals surface area contributed by atoms with Gasteiger partial charge in [0, 0.05) is 38.7 Å². The highest BCUT2D eigenvalue weighted by Crippen LogP contribution is 2.27. The second kappa shape index (κ2) is 8.13. The third kappa shape index (κ3) is 4.00. The fraction of sp³-hybridized carbons (Fsp3) is 0.375. The van der Waals surface area contributed by atoms with E-state index in [1.165, 1.54) is 15.4 Å². The summed E-state index contributed by atoms with van der Waals surface area (Å²) in [5.74, 6) is 0.829. The van der Waals surface area contributed by atoms with E-state index in [0.717, 1.165) is 42.6 Å². The average molecular weight is 439 g/mol. The fourth-order valence-corrected chi connectivity index (χ4v) is 6.06. The number of nitrogens with zero attached hydrogens (tertiary/aromatic N) is 2. The minimum atomic E-state index is -3.53. The van der Waals surface area contributed by atoms with Crippen LogP contribution in [0.25, 0.3) is 6.08 Å². The number of fused-ring (bicyclic) bond motifs is 2. The second-order valence-electron chi connectivity index (χ2n) is 8.31. The van der Waals surface area contributed by atoms with Gasteiger partial charge in [-0.25, -0.2) is 8.42 Å². The molecule has 0 radical (unpaired) electrons. The predicted molar refractivity (Wildman–Crippen MR) is 118 cm³/mol. The highest BCUT2D eigenvalue weighted by atomic mass is 32.2.